The van der Waals surface area contributed by atoms with Gasteiger partial charge in [-0.1, -0.05) is 25.1 Å². The molecular formula is C15H20N2O. The van der Waals surface area contributed by atoms with Crippen LogP contribution >= 0.6 is 0 Å². The van der Waals surface area contributed by atoms with Crippen LogP contribution in [0.5, 0.6) is 0 Å². The van der Waals surface area contributed by atoms with Gasteiger partial charge in [0.05, 0.1) is 6.26 Å². The predicted molar refractivity (Wildman–Crippen MR) is 73.2 cm³/mol. The Balaban J connectivity index is 1.76. The van der Waals surface area contributed by atoms with Crippen molar-refractivity contribution in [1.82, 2.24) is 4.90 Å². The predicted octanol–water partition coefficient (Wildman–Crippen LogP) is 2.60. The zero-order valence-corrected chi connectivity index (χ0v) is 10.8. The van der Waals surface area contributed by atoms with Gasteiger partial charge in [-0.05, 0) is 24.9 Å². The number of furan rings is 1. The van der Waals surface area contributed by atoms with Crippen molar-refractivity contribution in [2.24, 2.45) is 11.7 Å². The van der Waals surface area contributed by atoms with Gasteiger partial charge in [0.1, 0.15) is 5.58 Å². The van der Waals surface area contributed by atoms with Crippen molar-refractivity contribution < 1.29 is 4.42 Å². The minimum absolute atomic E-state index is 0.303. The third kappa shape index (κ3) is 2.16. The van der Waals surface area contributed by atoms with Gasteiger partial charge in [0.15, 0.2) is 0 Å². The number of hydrogen-bond donors (Lipinski definition) is 1. The molecular weight excluding hydrogens is 224 g/mol. The second-order valence-corrected chi connectivity index (χ2v) is 5.42. The summed E-state index contributed by atoms with van der Waals surface area (Å²) in [4.78, 5) is 2.43. The number of rotatable bonds is 2. The molecule has 1 fully saturated rings. The normalized spacial score (nSPS) is 25.7. The van der Waals surface area contributed by atoms with E-state index in [-0.39, 0.29) is 0 Å². The molecule has 1 saturated heterocycles. The molecule has 0 saturated carbocycles. The molecule has 2 heterocycles. The van der Waals surface area contributed by atoms with Gasteiger partial charge in [-0.3, -0.25) is 4.90 Å². The van der Waals surface area contributed by atoms with Gasteiger partial charge in [0.2, 0.25) is 0 Å². The van der Waals surface area contributed by atoms with Gasteiger partial charge >= 0.3 is 0 Å². The maximum atomic E-state index is 6.15. The number of benzene rings is 1. The first-order valence-corrected chi connectivity index (χ1v) is 6.67. The Kier molecular flexibility index (Phi) is 3.10. The molecule has 1 aliphatic heterocycles. The van der Waals surface area contributed by atoms with Crippen LogP contribution in [0, 0.1) is 5.92 Å². The third-order valence-corrected chi connectivity index (χ3v) is 4.06. The zero-order chi connectivity index (χ0) is 12.5. The first kappa shape index (κ1) is 11.8. The number of nitrogens with two attached hydrogens (primary N) is 1. The van der Waals surface area contributed by atoms with Crippen molar-refractivity contribution in [3.8, 4) is 0 Å². The highest BCUT2D eigenvalue weighted by atomic mass is 16.3. The van der Waals surface area contributed by atoms with Crippen molar-refractivity contribution in [3.05, 3.63) is 36.1 Å². The number of hydrogen-bond acceptors (Lipinski definition) is 3. The number of piperidine rings is 1. The molecule has 1 aliphatic rings. The van der Waals surface area contributed by atoms with Gasteiger partial charge < -0.3 is 10.2 Å². The number of para-hydroxylation sites is 1. The highest BCUT2D eigenvalue weighted by Crippen LogP contribution is 2.24. The number of likely N-dealkylation sites (tertiary alicyclic amines) is 1. The molecule has 2 unspecified atom stereocenters. The molecule has 96 valence electrons. The molecule has 2 aromatic rings. The summed E-state index contributed by atoms with van der Waals surface area (Å²) in [6.07, 6.45) is 3.07. The second kappa shape index (κ2) is 4.75. The largest absolute Gasteiger partial charge is 0.464 e. The lowest BCUT2D eigenvalue weighted by Crippen LogP contribution is -2.47. The lowest BCUT2D eigenvalue weighted by molar-refractivity contribution is 0.162. The first-order chi connectivity index (χ1) is 8.74. The fraction of sp³-hybridized carbons (Fsp3) is 0.467. The summed E-state index contributed by atoms with van der Waals surface area (Å²) in [6, 6.07) is 8.51. The van der Waals surface area contributed by atoms with Gasteiger partial charge in [0, 0.05) is 30.1 Å². The van der Waals surface area contributed by atoms with E-state index in [2.05, 4.69) is 24.0 Å². The molecule has 1 aromatic carbocycles. The Morgan fingerprint density at radius 1 is 1.39 bits per heavy atom. The summed E-state index contributed by atoms with van der Waals surface area (Å²) in [5.41, 5.74) is 8.39. The summed E-state index contributed by atoms with van der Waals surface area (Å²) in [6.45, 7) is 5.31. The Hall–Kier alpha value is -1.32. The zero-order valence-electron chi connectivity index (χ0n) is 10.8. The summed E-state index contributed by atoms with van der Waals surface area (Å²) < 4.78 is 5.58. The van der Waals surface area contributed by atoms with Crippen LogP contribution in [0.3, 0.4) is 0 Å². The van der Waals surface area contributed by atoms with Crippen molar-refractivity contribution in [1.29, 1.82) is 0 Å². The van der Waals surface area contributed by atoms with Crippen molar-refractivity contribution in [3.63, 3.8) is 0 Å². The Labute approximate surface area is 108 Å². The van der Waals surface area contributed by atoms with Crippen LogP contribution in [0.25, 0.3) is 11.0 Å². The average Bonchev–Trinajstić information content (AvgIpc) is 2.78. The maximum absolute atomic E-state index is 6.15. The van der Waals surface area contributed by atoms with E-state index in [1.54, 1.807) is 0 Å². The SMILES string of the molecule is CC1CCN(Cc2coc3ccccc23)CC1N. The van der Waals surface area contributed by atoms with Gasteiger partial charge in [-0.15, -0.1) is 0 Å². The highest BCUT2D eigenvalue weighted by Gasteiger charge is 2.23. The van der Waals surface area contributed by atoms with Gasteiger partial charge in [-0.25, -0.2) is 0 Å². The minimum Gasteiger partial charge on any atom is -0.464 e. The molecule has 3 heteroatoms. The van der Waals surface area contributed by atoms with E-state index in [0.29, 0.717) is 12.0 Å². The topological polar surface area (TPSA) is 42.4 Å². The molecule has 18 heavy (non-hydrogen) atoms. The maximum Gasteiger partial charge on any atom is 0.134 e. The van der Waals surface area contributed by atoms with Crippen LogP contribution in [0.4, 0.5) is 0 Å². The van der Waals surface area contributed by atoms with E-state index < -0.39 is 0 Å². The van der Waals surface area contributed by atoms with E-state index in [1.165, 1.54) is 17.4 Å². The molecule has 0 bridgehead atoms. The first-order valence-electron chi connectivity index (χ1n) is 6.67. The fourth-order valence-electron chi connectivity index (χ4n) is 2.71. The Morgan fingerprint density at radius 3 is 3.06 bits per heavy atom. The lowest BCUT2D eigenvalue weighted by Gasteiger charge is -2.34. The fourth-order valence-corrected chi connectivity index (χ4v) is 2.71. The standard InChI is InChI=1S/C15H20N2O/c1-11-6-7-17(9-14(11)16)8-12-10-18-15-5-3-2-4-13(12)15/h2-5,10-11,14H,6-9,16H2,1H3. The smallest absolute Gasteiger partial charge is 0.134 e. The highest BCUT2D eigenvalue weighted by molar-refractivity contribution is 5.80. The van der Waals surface area contributed by atoms with Crippen molar-refractivity contribution in [2.75, 3.05) is 13.1 Å². The molecule has 0 radical (unpaired) electrons. The van der Waals surface area contributed by atoms with E-state index >= 15 is 0 Å². The van der Waals surface area contributed by atoms with Crippen LogP contribution in [0.15, 0.2) is 34.9 Å². The molecule has 2 atom stereocenters. The van der Waals surface area contributed by atoms with Gasteiger partial charge in [0.25, 0.3) is 0 Å². The van der Waals surface area contributed by atoms with E-state index in [0.717, 1.165) is 25.2 Å². The monoisotopic (exact) mass is 244 g/mol. The number of nitrogens with zero attached hydrogens (tertiary/aromatic N) is 1. The second-order valence-electron chi connectivity index (χ2n) is 5.42. The van der Waals surface area contributed by atoms with Crippen LogP contribution < -0.4 is 5.73 Å². The van der Waals surface area contributed by atoms with E-state index in [4.69, 9.17) is 10.2 Å². The van der Waals surface area contributed by atoms with Crippen LogP contribution in [0.2, 0.25) is 0 Å². The molecule has 1 aromatic heterocycles. The van der Waals surface area contributed by atoms with Crippen molar-refractivity contribution in [2.45, 2.75) is 25.9 Å². The summed E-state index contributed by atoms with van der Waals surface area (Å²) in [5, 5.41) is 1.23. The van der Waals surface area contributed by atoms with E-state index in [9.17, 15) is 0 Å². The number of fused-ring (bicyclic) bond motifs is 1. The molecule has 0 amide bonds. The van der Waals surface area contributed by atoms with Crippen molar-refractivity contribution >= 4 is 11.0 Å². The van der Waals surface area contributed by atoms with Crippen LogP contribution in [0.1, 0.15) is 18.9 Å². The Morgan fingerprint density at radius 2 is 2.22 bits per heavy atom. The van der Waals surface area contributed by atoms with Crippen LogP contribution in [-0.2, 0) is 6.54 Å². The molecule has 0 spiro atoms. The molecule has 3 rings (SSSR count). The molecule has 3 nitrogen and oxygen atoms in total. The van der Waals surface area contributed by atoms with Crippen LogP contribution in [-0.4, -0.2) is 24.0 Å². The average molecular weight is 244 g/mol. The summed E-state index contributed by atoms with van der Waals surface area (Å²) >= 11 is 0. The van der Waals surface area contributed by atoms with Gasteiger partial charge in [-0.2, -0.15) is 0 Å². The molecule has 0 aliphatic carbocycles. The Bertz CT molecular complexity index is 534. The quantitative estimate of drug-likeness (QED) is 0.883. The summed E-state index contributed by atoms with van der Waals surface area (Å²) in [5.74, 6) is 0.641. The van der Waals surface area contributed by atoms with E-state index in [1.807, 2.05) is 18.4 Å². The minimum atomic E-state index is 0.303. The summed E-state index contributed by atoms with van der Waals surface area (Å²) in [7, 11) is 0. The third-order valence-electron chi connectivity index (χ3n) is 4.06. The lowest BCUT2D eigenvalue weighted by atomic mass is 9.94. The molecule has 2 N–H and O–H groups in total.